The van der Waals surface area contributed by atoms with E-state index in [0.717, 1.165) is 49.6 Å². The summed E-state index contributed by atoms with van der Waals surface area (Å²) in [5.74, 6) is 1.08. The van der Waals surface area contributed by atoms with Crippen LogP contribution in [-0.4, -0.2) is 41.0 Å². The molecule has 6 heteroatoms. The molecule has 1 fully saturated rings. The van der Waals surface area contributed by atoms with Gasteiger partial charge in [0.05, 0.1) is 17.6 Å². The number of H-pyrrole nitrogens is 1. The number of fused-ring (bicyclic) bond motifs is 1. The van der Waals surface area contributed by atoms with Crippen molar-refractivity contribution in [2.24, 2.45) is 0 Å². The number of nitrogens with one attached hydrogen (secondary N) is 2. The molecule has 0 saturated carbocycles. The number of nitrogens with zero attached hydrogens (tertiary/aromatic N) is 2. The van der Waals surface area contributed by atoms with Gasteiger partial charge in [0.1, 0.15) is 5.82 Å². The van der Waals surface area contributed by atoms with E-state index >= 15 is 0 Å². The molecule has 106 valence electrons. The van der Waals surface area contributed by atoms with Crippen LogP contribution in [-0.2, 0) is 6.54 Å². The van der Waals surface area contributed by atoms with Crippen molar-refractivity contribution in [3.05, 3.63) is 30.1 Å². The summed E-state index contributed by atoms with van der Waals surface area (Å²) in [6.07, 6.45) is 1.22. The Labute approximate surface area is 125 Å². The Balaban J connectivity index is 0.000000902. The highest BCUT2D eigenvalue weighted by atomic mass is 35.5. The SMILES string of the molecule is Cl.Cl.c1ccc2[nH]c(CN3CCCNCC3)nc2c1. The fourth-order valence-electron chi connectivity index (χ4n) is 2.35. The smallest absolute Gasteiger partial charge is 0.121 e. The third-order valence-electron chi connectivity index (χ3n) is 3.24. The zero-order valence-corrected chi connectivity index (χ0v) is 12.4. The summed E-state index contributed by atoms with van der Waals surface area (Å²) in [6, 6.07) is 8.21. The second kappa shape index (κ2) is 7.70. The van der Waals surface area contributed by atoms with Gasteiger partial charge in [0.2, 0.25) is 0 Å². The van der Waals surface area contributed by atoms with Gasteiger partial charge >= 0.3 is 0 Å². The molecule has 1 aliphatic heterocycles. The number of rotatable bonds is 2. The highest BCUT2D eigenvalue weighted by molar-refractivity contribution is 5.85. The van der Waals surface area contributed by atoms with E-state index in [1.54, 1.807) is 0 Å². The van der Waals surface area contributed by atoms with E-state index in [1.807, 2.05) is 12.1 Å². The van der Waals surface area contributed by atoms with Crippen LogP contribution >= 0.6 is 24.8 Å². The summed E-state index contributed by atoms with van der Waals surface area (Å²) >= 11 is 0. The highest BCUT2D eigenvalue weighted by Crippen LogP contribution is 2.12. The van der Waals surface area contributed by atoms with Crippen LogP contribution in [0.2, 0.25) is 0 Å². The summed E-state index contributed by atoms with van der Waals surface area (Å²) in [4.78, 5) is 10.5. The van der Waals surface area contributed by atoms with Crippen LogP contribution in [0.15, 0.2) is 24.3 Å². The van der Waals surface area contributed by atoms with E-state index in [4.69, 9.17) is 0 Å². The van der Waals surface area contributed by atoms with E-state index in [0.29, 0.717) is 0 Å². The van der Waals surface area contributed by atoms with Crippen LogP contribution in [0.3, 0.4) is 0 Å². The van der Waals surface area contributed by atoms with E-state index in [2.05, 4.69) is 32.3 Å². The van der Waals surface area contributed by atoms with Crippen molar-refractivity contribution >= 4 is 35.8 Å². The summed E-state index contributed by atoms with van der Waals surface area (Å²) in [6.45, 7) is 5.41. The first-order valence-corrected chi connectivity index (χ1v) is 6.28. The van der Waals surface area contributed by atoms with E-state index in [-0.39, 0.29) is 24.8 Å². The van der Waals surface area contributed by atoms with Gasteiger partial charge in [-0.2, -0.15) is 0 Å². The molecule has 0 spiro atoms. The van der Waals surface area contributed by atoms with Gasteiger partial charge in [0.25, 0.3) is 0 Å². The molecule has 1 aromatic heterocycles. The lowest BCUT2D eigenvalue weighted by atomic mass is 10.3. The first kappa shape index (κ1) is 16.2. The summed E-state index contributed by atoms with van der Waals surface area (Å²) < 4.78 is 0. The lowest BCUT2D eigenvalue weighted by Crippen LogP contribution is -2.28. The molecule has 0 aliphatic carbocycles. The number of hydrogen-bond donors (Lipinski definition) is 2. The third kappa shape index (κ3) is 4.08. The first-order valence-electron chi connectivity index (χ1n) is 6.28. The lowest BCUT2D eigenvalue weighted by molar-refractivity contribution is 0.278. The number of aromatic nitrogens is 2. The molecule has 0 amide bonds. The Hall–Kier alpha value is -0.810. The maximum absolute atomic E-state index is 4.62. The maximum atomic E-state index is 4.62. The lowest BCUT2D eigenvalue weighted by Gasteiger charge is -2.17. The molecular weight excluding hydrogens is 283 g/mol. The molecule has 2 aromatic rings. The molecule has 1 aliphatic rings. The number of hydrogen-bond acceptors (Lipinski definition) is 3. The van der Waals surface area contributed by atoms with E-state index in [9.17, 15) is 0 Å². The molecule has 0 radical (unpaired) electrons. The molecular formula is C13H20Cl2N4. The Bertz CT molecular complexity index is 459. The van der Waals surface area contributed by atoms with Gasteiger partial charge in [0.15, 0.2) is 0 Å². The van der Waals surface area contributed by atoms with Gasteiger partial charge in [-0.15, -0.1) is 24.8 Å². The normalized spacial score (nSPS) is 16.4. The predicted molar refractivity (Wildman–Crippen MR) is 83.4 cm³/mol. The molecule has 2 N–H and O–H groups in total. The van der Waals surface area contributed by atoms with Gasteiger partial charge < -0.3 is 10.3 Å². The third-order valence-corrected chi connectivity index (χ3v) is 3.24. The average molecular weight is 303 g/mol. The number of para-hydroxylation sites is 2. The first-order chi connectivity index (χ1) is 8.42. The van der Waals surface area contributed by atoms with Crippen molar-refractivity contribution in [2.75, 3.05) is 26.2 Å². The molecule has 0 atom stereocenters. The van der Waals surface area contributed by atoms with Crippen molar-refractivity contribution in [1.82, 2.24) is 20.2 Å². The topological polar surface area (TPSA) is 44.0 Å². The van der Waals surface area contributed by atoms with Gasteiger partial charge in [0, 0.05) is 13.1 Å². The van der Waals surface area contributed by atoms with Crippen LogP contribution in [0.25, 0.3) is 11.0 Å². The molecule has 0 bridgehead atoms. The second-order valence-corrected chi connectivity index (χ2v) is 4.58. The van der Waals surface area contributed by atoms with Crippen LogP contribution in [0, 0.1) is 0 Å². The Kier molecular flexibility index (Phi) is 6.58. The monoisotopic (exact) mass is 302 g/mol. The Morgan fingerprint density at radius 3 is 2.79 bits per heavy atom. The van der Waals surface area contributed by atoms with Crippen LogP contribution in [0.4, 0.5) is 0 Å². The van der Waals surface area contributed by atoms with Gasteiger partial charge in [-0.25, -0.2) is 4.98 Å². The number of benzene rings is 1. The summed E-state index contributed by atoms with van der Waals surface area (Å²) in [7, 11) is 0. The van der Waals surface area contributed by atoms with Crippen molar-refractivity contribution in [3.8, 4) is 0 Å². The number of halogens is 2. The zero-order chi connectivity index (χ0) is 11.5. The van der Waals surface area contributed by atoms with Crippen LogP contribution in [0.5, 0.6) is 0 Å². The minimum atomic E-state index is 0. The summed E-state index contributed by atoms with van der Waals surface area (Å²) in [5, 5.41) is 3.42. The zero-order valence-electron chi connectivity index (χ0n) is 10.8. The maximum Gasteiger partial charge on any atom is 0.121 e. The van der Waals surface area contributed by atoms with Gasteiger partial charge in [-0.05, 0) is 31.6 Å². The Morgan fingerprint density at radius 1 is 1.11 bits per heavy atom. The van der Waals surface area contributed by atoms with Crippen LogP contribution in [0.1, 0.15) is 12.2 Å². The summed E-state index contributed by atoms with van der Waals surface area (Å²) in [5.41, 5.74) is 2.20. The molecule has 3 rings (SSSR count). The van der Waals surface area contributed by atoms with Crippen molar-refractivity contribution in [2.45, 2.75) is 13.0 Å². The van der Waals surface area contributed by atoms with Crippen molar-refractivity contribution in [3.63, 3.8) is 0 Å². The second-order valence-electron chi connectivity index (χ2n) is 4.58. The molecule has 1 aromatic carbocycles. The van der Waals surface area contributed by atoms with E-state index < -0.39 is 0 Å². The number of imidazole rings is 1. The van der Waals surface area contributed by atoms with Gasteiger partial charge in [-0.3, -0.25) is 4.90 Å². The van der Waals surface area contributed by atoms with Gasteiger partial charge in [-0.1, -0.05) is 12.1 Å². The molecule has 19 heavy (non-hydrogen) atoms. The predicted octanol–water partition coefficient (Wildman–Crippen LogP) is 2.20. The minimum absolute atomic E-state index is 0. The minimum Gasteiger partial charge on any atom is -0.341 e. The largest absolute Gasteiger partial charge is 0.341 e. The van der Waals surface area contributed by atoms with Crippen molar-refractivity contribution in [1.29, 1.82) is 0 Å². The standard InChI is InChI=1S/C13H18N4.2ClH/c1-2-5-12-11(4-1)15-13(16-12)10-17-8-3-6-14-7-9-17;;/h1-2,4-5,14H,3,6-10H2,(H,15,16);2*1H. The fraction of sp³-hybridized carbons (Fsp3) is 0.462. The van der Waals surface area contributed by atoms with Crippen LogP contribution < -0.4 is 5.32 Å². The van der Waals surface area contributed by atoms with E-state index in [1.165, 1.54) is 6.42 Å². The number of aromatic amines is 1. The molecule has 4 nitrogen and oxygen atoms in total. The average Bonchev–Trinajstić information content (AvgIpc) is 2.57. The fourth-order valence-corrected chi connectivity index (χ4v) is 2.35. The molecule has 1 saturated heterocycles. The van der Waals surface area contributed by atoms with Crippen molar-refractivity contribution < 1.29 is 0 Å². The Morgan fingerprint density at radius 2 is 1.95 bits per heavy atom. The highest BCUT2D eigenvalue weighted by Gasteiger charge is 2.11. The molecule has 0 unspecified atom stereocenters. The quantitative estimate of drug-likeness (QED) is 0.894. The molecule has 2 heterocycles.